The minimum Gasteiger partial charge on any atom is -0.454 e. The number of carbonyl (C=O) groups is 1. The molecule has 0 unspecified atom stereocenters. The van der Waals surface area contributed by atoms with Gasteiger partial charge < -0.3 is 14.8 Å². The van der Waals surface area contributed by atoms with Gasteiger partial charge >= 0.3 is 0 Å². The summed E-state index contributed by atoms with van der Waals surface area (Å²) in [4.78, 5) is 12.7. The molecule has 126 valence electrons. The molecule has 1 N–H and O–H groups in total. The molecule has 0 radical (unpaired) electrons. The van der Waals surface area contributed by atoms with E-state index in [1.807, 2.05) is 19.1 Å². The zero-order chi connectivity index (χ0) is 16.7. The maximum Gasteiger partial charge on any atom is 0.241 e. The first-order chi connectivity index (χ1) is 10.8. The summed E-state index contributed by atoms with van der Waals surface area (Å²) in [5, 5.41) is 2.86. The fourth-order valence-electron chi connectivity index (χ4n) is 3.31. The molecule has 0 bridgehead atoms. The highest BCUT2D eigenvalue weighted by molar-refractivity contribution is 7.92. The topological polar surface area (TPSA) is 81.7 Å². The van der Waals surface area contributed by atoms with Gasteiger partial charge in [-0.25, -0.2) is 8.42 Å². The lowest BCUT2D eigenvalue weighted by molar-refractivity contribution is -0.124. The average molecular weight is 339 g/mol. The highest BCUT2D eigenvalue weighted by atomic mass is 32.2. The van der Waals surface area contributed by atoms with E-state index in [4.69, 9.17) is 9.47 Å². The Labute approximate surface area is 136 Å². The summed E-state index contributed by atoms with van der Waals surface area (Å²) in [6.07, 6.45) is 3.47. The molecule has 2 aliphatic rings. The third kappa shape index (κ3) is 2.78. The molecule has 1 saturated carbocycles. The van der Waals surface area contributed by atoms with Crippen molar-refractivity contribution in [3.63, 3.8) is 0 Å². The number of fused-ring (bicyclic) bond motifs is 1. The molecule has 1 atom stereocenters. The molecule has 7 heteroatoms. The summed E-state index contributed by atoms with van der Waals surface area (Å²) < 4.78 is 33.7. The first kappa shape index (κ1) is 16.1. The Balaban J connectivity index is 1.79. The molecule has 0 aromatic heterocycles. The minimum absolute atomic E-state index is 0.191. The number of nitrogens with one attached hydrogen (secondary N) is 1. The van der Waals surface area contributed by atoms with Crippen LogP contribution in [0.4, 0.5) is 0 Å². The van der Waals surface area contributed by atoms with Crippen molar-refractivity contribution in [1.29, 1.82) is 0 Å². The third-order valence-corrected chi connectivity index (χ3v) is 6.79. The number of hydrogen-bond donors (Lipinski definition) is 1. The number of amides is 1. The van der Waals surface area contributed by atoms with Gasteiger partial charge in [-0.3, -0.25) is 4.79 Å². The van der Waals surface area contributed by atoms with Crippen LogP contribution in [0.5, 0.6) is 11.5 Å². The zero-order valence-corrected chi connectivity index (χ0v) is 14.1. The van der Waals surface area contributed by atoms with E-state index in [0.29, 0.717) is 24.3 Å². The van der Waals surface area contributed by atoms with Crippen LogP contribution < -0.4 is 14.8 Å². The van der Waals surface area contributed by atoms with Crippen molar-refractivity contribution in [2.75, 3.05) is 13.0 Å². The molecule has 1 aliphatic carbocycles. The number of carbonyl (C=O) groups excluding carboxylic acids is 1. The van der Waals surface area contributed by atoms with Crippen LogP contribution in [0.25, 0.3) is 0 Å². The molecule has 23 heavy (non-hydrogen) atoms. The summed E-state index contributed by atoms with van der Waals surface area (Å²) in [6.45, 7) is 2.02. The molecule has 1 aromatic carbocycles. The Hall–Kier alpha value is -1.76. The average Bonchev–Trinajstić information content (AvgIpc) is 3.15. The standard InChI is InChI=1S/C16H21NO5S/c1-11(12-5-6-13-14(9-12)22-10-21-13)17-15(18)16(23(2,19)20)7-3-4-8-16/h5-6,9,11H,3-4,7-8,10H2,1-2H3,(H,17,18)/t11-/m1/s1. The number of hydrogen-bond acceptors (Lipinski definition) is 5. The van der Waals surface area contributed by atoms with Crippen LogP contribution in [0, 0.1) is 0 Å². The van der Waals surface area contributed by atoms with Gasteiger partial charge in [-0.05, 0) is 37.5 Å². The Morgan fingerprint density at radius 3 is 2.52 bits per heavy atom. The van der Waals surface area contributed by atoms with Gasteiger partial charge in [0, 0.05) is 6.26 Å². The van der Waals surface area contributed by atoms with E-state index in [1.54, 1.807) is 6.07 Å². The summed E-state index contributed by atoms with van der Waals surface area (Å²) in [6, 6.07) is 5.15. The minimum atomic E-state index is -3.46. The molecule has 1 heterocycles. The monoisotopic (exact) mass is 339 g/mol. The summed E-state index contributed by atoms with van der Waals surface area (Å²) in [7, 11) is -3.46. The van der Waals surface area contributed by atoms with Gasteiger partial charge in [-0.1, -0.05) is 18.9 Å². The van der Waals surface area contributed by atoms with Crippen molar-refractivity contribution in [3.05, 3.63) is 23.8 Å². The van der Waals surface area contributed by atoms with Gasteiger partial charge in [0.25, 0.3) is 0 Å². The van der Waals surface area contributed by atoms with E-state index in [1.165, 1.54) is 0 Å². The molecular weight excluding hydrogens is 318 g/mol. The molecule has 6 nitrogen and oxygen atoms in total. The highest BCUT2D eigenvalue weighted by Gasteiger charge is 2.50. The fraction of sp³-hybridized carbons (Fsp3) is 0.562. The second-order valence-corrected chi connectivity index (χ2v) is 8.61. The van der Waals surface area contributed by atoms with Gasteiger partial charge in [0.15, 0.2) is 21.3 Å². The Morgan fingerprint density at radius 2 is 1.87 bits per heavy atom. The van der Waals surface area contributed by atoms with E-state index in [0.717, 1.165) is 24.7 Å². The van der Waals surface area contributed by atoms with Crippen LogP contribution in [-0.2, 0) is 14.6 Å². The van der Waals surface area contributed by atoms with E-state index in [-0.39, 0.29) is 12.8 Å². The largest absolute Gasteiger partial charge is 0.454 e. The number of benzene rings is 1. The second kappa shape index (κ2) is 5.70. The Kier molecular flexibility index (Phi) is 4.00. The Bertz CT molecular complexity index is 722. The molecule has 1 aliphatic heterocycles. The van der Waals surface area contributed by atoms with Crippen LogP contribution in [0.2, 0.25) is 0 Å². The normalized spacial score (nSPS) is 20.3. The Morgan fingerprint density at radius 1 is 1.22 bits per heavy atom. The van der Waals surface area contributed by atoms with Crippen LogP contribution >= 0.6 is 0 Å². The predicted octanol–water partition coefficient (Wildman–Crippen LogP) is 1.95. The van der Waals surface area contributed by atoms with Crippen LogP contribution in [-0.4, -0.2) is 32.1 Å². The van der Waals surface area contributed by atoms with E-state index in [2.05, 4.69) is 5.32 Å². The van der Waals surface area contributed by atoms with Gasteiger partial charge in [0.2, 0.25) is 12.7 Å². The lowest BCUT2D eigenvalue weighted by atomic mass is 10.0. The van der Waals surface area contributed by atoms with E-state index >= 15 is 0 Å². The highest BCUT2D eigenvalue weighted by Crippen LogP contribution is 2.38. The third-order valence-electron chi connectivity index (χ3n) is 4.78. The second-order valence-electron chi connectivity index (χ2n) is 6.28. The lowest BCUT2D eigenvalue weighted by Crippen LogP contribution is -2.50. The summed E-state index contributed by atoms with van der Waals surface area (Å²) >= 11 is 0. The van der Waals surface area contributed by atoms with Crippen LogP contribution in [0.1, 0.15) is 44.2 Å². The van der Waals surface area contributed by atoms with Gasteiger partial charge in [0.05, 0.1) is 6.04 Å². The maximum absolute atomic E-state index is 12.7. The number of ether oxygens (including phenoxy) is 2. The first-order valence-electron chi connectivity index (χ1n) is 7.74. The van der Waals surface area contributed by atoms with Crippen molar-refractivity contribution >= 4 is 15.7 Å². The summed E-state index contributed by atoms with van der Waals surface area (Å²) in [5.41, 5.74) is 0.851. The molecule has 1 aromatic rings. The molecule has 0 spiro atoms. The molecule has 0 saturated heterocycles. The van der Waals surface area contributed by atoms with Crippen molar-refractivity contribution in [2.45, 2.75) is 43.4 Å². The van der Waals surface area contributed by atoms with Crippen molar-refractivity contribution in [1.82, 2.24) is 5.32 Å². The summed E-state index contributed by atoms with van der Waals surface area (Å²) in [5.74, 6) is 0.917. The van der Waals surface area contributed by atoms with Gasteiger partial charge in [0.1, 0.15) is 4.75 Å². The molecule has 3 rings (SSSR count). The first-order valence-corrected chi connectivity index (χ1v) is 9.63. The van der Waals surface area contributed by atoms with Crippen molar-refractivity contribution in [2.24, 2.45) is 0 Å². The van der Waals surface area contributed by atoms with Crippen molar-refractivity contribution in [3.8, 4) is 11.5 Å². The smallest absolute Gasteiger partial charge is 0.241 e. The van der Waals surface area contributed by atoms with Crippen LogP contribution in [0.15, 0.2) is 18.2 Å². The SMILES string of the molecule is C[C@@H](NC(=O)C1(S(C)(=O)=O)CCCC1)c1ccc2c(c1)OCO2. The van der Waals surface area contributed by atoms with E-state index < -0.39 is 20.5 Å². The predicted molar refractivity (Wildman–Crippen MR) is 85.2 cm³/mol. The van der Waals surface area contributed by atoms with Gasteiger partial charge in [-0.2, -0.15) is 0 Å². The van der Waals surface area contributed by atoms with Gasteiger partial charge in [-0.15, -0.1) is 0 Å². The molecule has 1 fully saturated rings. The lowest BCUT2D eigenvalue weighted by Gasteiger charge is -2.27. The fourth-order valence-corrected chi connectivity index (χ4v) is 4.73. The van der Waals surface area contributed by atoms with Crippen molar-refractivity contribution < 1.29 is 22.7 Å². The molecule has 1 amide bonds. The number of sulfone groups is 1. The quantitative estimate of drug-likeness (QED) is 0.907. The molecular formula is C16H21NO5S. The van der Waals surface area contributed by atoms with Crippen LogP contribution in [0.3, 0.4) is 0 Å². The zero-order valence-electron chi connectivity index (χ0n) is 13.3. The number of rotatable bonds is 4. The van der Waals surface area contributed by atoms with E-state index in [9.17, 15) is 13.2 Å². The maximum atomic E-state index is 12.7.